The predicted octanol–water partition coefficient (Wildman–Crippen LogP) is 4.27. The van der Waals surface area contributed by atoms with Crippen LogP contribution in [0.2, 0.25) is 5.02 Å². The second kappa shape index (κ2) is 6.97. The third-order valence-corrected chi connectivity index (χ3v) is 5.48. The summed E-state index contributed by atoms with van der Waals surface area (Å²) in [4.78, 5) is 15.6. The number of aromatic amines is 1. The van der Waals surface area contributed by atoms with Crippen molar-refractivity contribution in [1.29, 1.82) is 0 Å². The molecule has 0 spiro atoms. The molecule has 26 heavy (non-hydrogen) atoms. The van der Waals surface area contributed by atoms with Crippen LogP contribution in [0.3, 0.4) is 0 Å². The van der Waals surface area contributed by atoms with E-state index < -0.39 is 0 Å². The number of nitrogens with one attached hydrogen (secondary N) is 1. The lowest BCUT2D eigenvalue weighted by Crippen LogP contribution is -2.05. The van der Waals surface area contributed by atoms with E-state index in [1.807, 2.05) is 41.9 Å². The molecule has 2 aromatic carbocycles. The van der Waals surface area contributed by atoms with Crippen molar-refractivity contribution in [3.63, 3.8) is 0 Å². The molecule has 0 fully saturated rings. The normalized spacial score (nSPS) is 11.2. The van der Waals surface area contributed by atoms with Crippen molar-refractivity contribution in [3.8, 4) is 11.4 Å². The first-order valence-electron chi connectivity index (χ1n) is 8.01. The Bertz CT molecular complexity index is 1140. The number of hydrogen-bond donors (Lipinski definition) is 1. The van der Waals surface area contributed by atoms with E-state index in [0.717, 1.165) is 22.2 Å². The largest absolute Gasteiger partial charge is 0.356 e. The molecule has 0 amide bonds. The zero-order valence-corrected chi connectivity index (χ0v) is 15.5. The summed E-state index contributed by atoms with van der Waals surface area (Å²) in [5, 5.41) is 10.5. The van der Waals surface area contributed by atoms with E-state index in [9.17, 15) is 4.79 Å². The summed E-state index contributed by atoms with van der Waals surface area (Å²) in [7, 11) is 1.94. The minimum atomic E-state index is -0.0419. The summed E-state index contributed by atoms with van der Waals surface area (Å²) in [6, 6.07) is 16.8. The Morgan fingerprint density at radius 2 is 1.92 bits per heavy atom. The summed E-state index contributed by atoms with van der Waals surface area (Å²) in [5.74, 6) is 1.38. The fourth-order valence-electron chi connectivity index (χ4n) is 2.79. The van der Waals surface area contributed by atoms with Crippen molar-refractivity contribution >= 4 is 34.3 Å². The van der Waals surface area contributed by atoms with Gasteiger partial charge in [0.2, 0.25) is 0 Å². The number of hydrogen-bond acceptors (Lipinski definition) is 4. The number of para-hydroxylation sites is 1. The molecule has 5 nitrogen and oxygen atoms in total. The summed E-state index contributed by atoms with van der Waals surface area (Å²) < 4.78 is 1.95. The zero-order chi connectivity index (χ0) is 18.1. The number of benzene rings is 2. The maximum absolute atomic E-state index is 12.3. The van der Waals surface area contributed by atoms with Crippen molar-refractivity contribution in [2.45, 2.75) is 10.9 Å². The number of nitrogens with zero attached hydrogens (tertiary/aromatic N) is 3. The molecule has 7 heteroatoms. The predicted molar refractivity (Wildman–Crippen MR) is 106 cm³/mol. The van der Waals surface area contributed by atoms with Gasteiger partial charge in [0.05, 0.1) is 10.5 Å². The number of thioether (sulfide) groups is 1. The standard InChI is InChI=1S/C19H15ClN4OS/c1-24-18(12-6-3-2-4-7-12)22-23-19(24)26-11-13-10-16(25)14-8-5-9-15(20)17(14)21-13/h2-10H,11H2,1H3,(H,21,25). The van der Waals surface area contributed by atoms with Crippen LogP contribution in [0.15, 0.2) is 64.5 Å². The molecule has 0 saturated heterocycles. The van der Waals surface area contributed by atoms with E-state index in [-0.39, 0.29) is 5.43 Å². The Balaban J connectivity index is 1.60. The van der Waals surface area contributed by atoms with Crippen LogP contribution in [0.25, 0.3) is 22.3 Å². The number of fused-ring (bicyclic) bond motifs is 1. The quantitative estimate of drug-likeness (QED) is 0.535. The van der Waals surface area contributed by atoms with Gasteiger partial charge in [-0.15, -0.1) is 10.2 Å². The second-order valence-electron chi connectivity index (χ2n) is 5.84. The van der Waals surface area contributed by atoms with Gasteiger partial charge in [0.25, 0.3) is 0 Å². The van der Waals surface area contributed by atoms with Crippen molar-refractivity contribution < 1.29 is 0 Å². The van der Waals surface area contributed by atoms with Crippen molar-refractivity contribution in [2.75, 3.05) is 0 Å². The van der Waals surface area contributed by atoms with Crippen LogP contribution in [0.1, 0.15) is 5.69 Å². The van der Waals surface area contributed by atoms with Crippen LogP contribution < -0.4 is 5.43 Å². The van der Waals surface area contributed by atoms with Crippen LogP contribution in [0.4, 0.5) is 0 Å². The van der Waals surface area contributed by atoms with Gasteiger partial charge in [-0.3, -0.25) is 4.79 Å². The Labute approximate surface area is 159 Å². The van der Waals surface area contributed by atoms with E-state index >= 15 is 0 Å². The molecule has 0 aliphatic heterocycles. The van der Waals surface area contributed by atoms with Gasteiger partial charge < -0.3 is 9.55 Å². The number of aromatic nitrogens is 4. The molecule has 130 valence electrons. The van der Waals surface area contributed by atoms with E-state index in [0.29, 0.717) is 21.7 Å². The highest BCUT2D eigenvalue weighted by atomic mass is 35.5. The molecule has 2 aromatic heterocycles. The molecule has 0 atom stereocenters. The highest BCUT2D eigenvalue weighted by Crippen LogP contribution is 2.25. The van der Waals surface area contributed by atoms with Gasteiger partial charge in [-0.25, -0.2) is 0 Å². The first-order valence-corrected chi connectivity index (χ1v) is 9.38. The van der Waals surface area contributed by atoms with Gasteiger partial charge >= 0.3 is 0 Å². The molecule has 0 bridgehead atoms. The number of rotatable bonds is 4. The summed E-state index contributed by atoms with van der Waals surface area (Å²) in [6.07, 6.45) is 0. The summed E-state index contributed by atoms with van der Waals surface area (Å²) in [5.41, 5.74) is 2.44. The highest BCUT2D eigenvalue weighted by Gasteiger charge is 2.12. The molecule has 0 aliphatic rings. The average molecular weight is 383 g/mol. The Hall–Kier alpha value is -2.57. The van der Waals surface area contributed by atoms with Crippen LogP contribution in [0, 0.1) is 0 Å². The van der Waals surface area contributed by atoms with E-state index in [4.69, 9.17) is 11.6 Å². The summed E-state index contributed by atoms with van der Waals surface area (Å²) in [6.45, 7) is 0. The van der Waals surface area contributed by atoms with Gasteiger partial charge in [0.15, 0.2) is 16.4 Å². The lowest BCUT2D eigenvalue weighted by molar-refractivity contribution is 0.793. The van der Waals surface area contributed by atoms with Crippen molar-refractivity contribution in [1.82, 2.24) is 19.7 Å². The zero-order valence-electron chi connectivity index (χ0n) is 13.9. The van der Waals surface area contributed by atoms with Gasteiger partial charge in [-0.05, 0) is 12.1 Å². The molecule has 0 aliphatic carbocycles. The maximum Gasteiger partial charge on any atom is 0.191 e. The highest BCUT2D eigenvalue weighted by molar-refractivity contribution is 7.98. The van der Waals surface area contributed by atoms with Crippen LogP contribution in [0.5, 0.6) is 0 Å². The maximum atomic E-state index is 12.3. The van der Waals surface area contributed by atoms with Crippen LogP contribution >= 0.6 is 23.4 Å². The molecule has 4 rings (SSSR count). The molecule has 4 aromatic rings. The molecule has 0 unspecified atom stereocenters. The SMILES string of the molecule is Cn1c(SCc2cc(=O)c3cccc(Cl)c3[nH]2)nnc1-c1ccccc1. The van der Waals surface area contributed by atoms with Gasteiger partial charge in [0.1, 0.15) is 0 Å². The van der Waals surface area contributed by atoms with Crippen molar-refractivity contribution in [2.24, 2.45) is 7.05 Å². The fraction of sp³-hybridized carbons (Fsp3) is 0.105. The Kier molecular flexibility index (Phi) is 4.53. The monoisotopic (exact) mass is 382 g/mol. The van der Waals surface area contributed by atoms with E-state index in [2.05, 4.69) is 15.2 Å². The fourth-order valence-corrected chi connectivity index (χ4v) is 3.83. The molecular weight excluding hydrogens is 368 g/mol. The van der Waals surface area contributed by atoms with Crippen LogP contribution in [-0.2, 0) is 12.8 Å². The van der Waals surface area contributed by atoms with Gasteiger partial charge in [0, 0.05) is 35.5 Å². The van der Waals surface area contributed by atoms with Gasteiger partial charge in [-0.1, -0.05) is 59.8 Å². The molecule has 1 N–H and O–H groups in total. The Morgan fingerprint density at radius 3 is 2.73 bits per heavy atom. The van der Waals surface area contributed by atoms with Crippen molar-refractivity contribution in [3.05, 3.63) is 75.5 Å². The molecule has 2 heterocycles. The number of pyridine rings is 1. The third kappa shape index (κ3) is 3.13. The minimum Gasteiger partial charge on any atom is -0.356 e. The summed E-state index contributed by atoms with van der Waals surface area (Å²) >= 11 is 7.73. The molecule has 0 saturated carbocycles. The van der Waals surface area contributed by atoms with Gasteiger partial charge in [-0.2, -0.15) is 0 Å². The van der Waals surface area contributed by atoms with E-state index in [1.54, 1.807) is 24.3 Å². The smallest absolute Gasteiger partial charge is 0.191 e. The lowest BCUT2D eigenvalue weighted by Gasteiger charge is -2.06. The second-order valence-corrected chi connectivity index (χ2v) is 7.19. The third-order valence-electron chi connectivity index (χ3n) is 4.09. The number of H-pyrrole nitrogens is 1. The number of halogens is 1. The Morgan fingerprint density at radius 1 is 1.12 bits per heavy atom. The molecule has 0 radical (unpaired) electrons. The minimum absolute atomic E-state index is 0.0419. The molecular formula is C19H15ClN4OS. The average Bonchev–Trinajstić information content (AvgIpc) is 3.02. The first kappa shape index (κ1) is 16.9. The van der Waals surface area contributed by atoms with Crippen LogP contribution in [-0.4, -0.2) is 19.7 Å². The first-order chi connectivity index (χ1) is 12.6. The lowest BCUT2D eigenvalue weighted by atomic mass is 10.2. The topological polar surface area (TPSA) is 63.6 Å². The van der Waals surface area contributed by atoms with E-state index in [1.165, 1.54) is 11.8 Å².